The van der Waals surface area contributed by atoms with Gasteiger partial charge >= 0.3 is 5.97 Å². The lowest BCUT2D eigenvalue weighted by atomic mass is 10.1. The molecule has 0 bridgehead atoms. The molecule has 0 saturated carbocycles. The molecule has 1 rings (SSSR count). The van der Waals surface area contributed by atoms with Gasteiger partial charge in [-0.3, -0.25) is 10.1 Å². The molecule has 1 aliphatic heterocycles. The van der Waals surface area contributed by atoms with Crippen LogP contribution in [0.2, 0.25) is 0 Å². The molecule has 5 heteroatoms. The summed E-state index contributed by atoms with van der Waals surface area (Å²) in [4.78, 5) is 10.4. The van der Waals surface area contributed by atoms with Crippen LogP contribution in [0.15, 0.2) is 0 Å². The monoisotopic (exact) mass is 161 g/mol. The van der Waals surface area contributed by atoms with Crippen LogP contribution in [0, 0.1) is 0 Å². The first-order valence-corrected chi connectivity index (χ1v) is 3.43. The van der Waals surface area contributed by atoms with Gasteiger partial charge in [0.2, 0.25) is 0 Å². The summed E-state index contributed by atoms with van der Waals surface area (Å²) in [5.41, 5.74) is 0. The summed E-state index contributed by atoms with van der Waals surface area (Å²) in [5, 5.41) is 28.8. The fourth-order valence-electron chi connectivity index (χ4n) is 1.19. The van der Waals surface area contributed by atoms with E-state index in [1.165, 1.54) is 0 Å². The number of hydrogen-bond donors (Lipinski definition) is 4. The minimum absolute atomic E-state index is 0.167. The zero-order valence-electron chi connectivity index (χ0n) is 5.90. The molecule has 1 fully saturated rings. The van der Waals surface area contributed by atoms with Gasteiger partial charge in [0.1, 0.15) is 6.04 Å². The van der Waals surface area contributed by atoms with Crippen molar-refractivity contribution in [3.8, 4) is 0 Å². The molecule has 3 atom stereocenters. The summed E-state index contributed by atoms with van der Waals surface area (Å²) in [7, 11) is 0. The van der Waals surface area contributed by atoms with Crippen molar-refractivity contribution in [1.29, 1.82) is 0 Å². The Balaban J connectivity index is 2.49. The first kappa shape index (κ1) is 8.45. The zero-order chi connectivity index (χ0) is 8.43. The SMILES string of the molecule is O=C(O)[C@@H]1C[C@H](O)[C@@H](CO)N1. The number of carboxylic acid groups (broad SMARTS) is 1. The lowest BCUT2D eigenvalue weighted by Crippen LogP contribution is -2.39. The highest BCUT2D eigenvalue weighted by atomic mass is 16.4. The maximum Gasteiger partial charge on any atom is 0.320 e. The Morgan fingerprint density at radius 2 is 2.27 bits per heavy atom. The van der Waals surface area contributed by atoms with Gasteiger partial charge in [0.25, 0.3) is 0 Å². The highest BCUT2D eigenvalue weighted by Gasteiger charge is 2.35. The van der Waals surface area contributed by atoms with E-state index < -0.39 is 24.2 Å². The molecule has 4 N–H and O–H groups in total. The van der Waals surface area contributed by atoms with Crippen molar-refractivity contribution >= 4 is 5.97 Å². The number of carboxylic acids is 1. The van der Waals surface area contributed by atoms with Crippen LogP contribution >= 0.6 is 0 Å². The average molecular weight is 161 g/mol. The van der Waals surface area contributed by atoms with E-state index in [9.17, 15) is 4.79 Å². The van der Waals surface area contributed by atoms with E-state index in [0.717, 1.165) is 0 Å². The Kier molecular flexibility index (Phi) is 2.43. The third-order valence-electron chi connectivity index (χ3n) is 1.85. The Morgan fingerprint density at radius 3 is 2.55 bits per heavy atom. The minimum Gasteiger partial charge on any atom is -0.480 e. The molecule has 1 heterocycles. The number of aliphatic carboxylic acids is 1. The molecule has 0 unspecified atom stereocenters. The molecule has 0 spiro atoms. The summed E-state index contributed by atoms with van der Waals surface area (Å²) < 4.78 is 0. The second-order valence-electron chi connectivity index (χ2n) is 2.65. The number of aliphatic hydroxyl groups is 2. The Bertz CT molecular complexity index is 161. The van der Waals surface area contributed by atoms with Crippen molar-refractivity contribution < 1.29 is 20.1 Å². The Labute approximate surface area is 63.7 Å². The van der Waals surface area contributed by atoms with Crippen LogP contribution in [0.4, 0.5) is 0 Å². The van der Waals surface area contributed by atoms with Crippen LogP contribution in [0.1, 0.15) is 6.42 Å². The van der Waals surface area contributed by atoms with Crippen LogP contribution < -0.4 is 5.32 Å². The largest absolute Gasteiger partial charge is 0.480 e. The number of hydrogen-bond acceptors (Lipinski definition) is 4. The molecular weight excluding hydrogens is 150 g/mol. The van der Waals surface area contributed by atoms with Crippen LogP contribution in [0.3, 0.4) is 0 Å². The van der Waals surface area contributed by atoms with E-state index in [0.29, 0.717) is 0 Å². The third kappa shape index (κ3) is 1.68. The maximum absolute atomic E-state index is 10.4. The van der Waals surface area contributed by atoms with Crippen LogP contribution in [-0.2, 0) is 4.79 Å². The predicted molar refractivity (Wildman–Crippen MR) is 36.1 cm³/mol. The highest BCUT2D eigenvalue weighted by Crippen LogP contribution is 2.12. The van der Waals surface area contributed by atoms with Gasteiger partial charge in [-0.1, -0.05) is 0 Å². The van der Waals surface area contributed by atoms with E-state index >= 15 is 0 Å². The molecule has 0 aliphatic carbocycles. The van der Waals surface area contributed by atoms with Gasteiger partial charge < -0.3 is 15.3 Å². The van der Waals surface area contributed by atoms with Crippen molar-refractivity contribution in [3.05, 3.63) is 0 Å². The molecule has 1 saturated heterocycles. The fraction of sp³-hybridized carbons (Fsp3) is 0.833. The predicted octanol–water partition coefficient (Wildman–Crippen LogP) is -1.85. The van der Waals surface area contributed by atoms with Gasteiger partial charge in [-0.2, -0.15) is 0 Å². The van der Waals surface area contributed by atoms with Gasteiger partial charge in [-0.15, -0.1) is 0 Å². The second-order valence-corrected chi connectivity index (χ2v) is 2.65. The summed E-state index contributed by atoms with van der Waals surface area (Å²) in [6, 6.07) is -1.21. The lowest BCUT2D eigenvalue weighted by Gasteiger charge is -2.09. The Hall–Kier alpha value is -0.650. The minimum atomic E-state index is -0.986. The van der Waals surface area contributed by atoms with Crippen LogP contribution in [-0.4, -0.2) is 46.1 Å². The topological polar surface area (TPSA) is 89.8 Å². The maximum atomic E-state index is 10.4. The summed E-state index contributed by atoms with van der Waals surface area (Å²) in [5.74, 6) is -0.986. The lowest BCUT2D eigenvalue weighted by molar-refractivity contribution is -0.139. The van der Waals surface area contributed by atoms with E-state index in [-0.39, 0.29) is 13.0 Å². The number of nitrogens with one attached hydrogen (secondary N) is 1. The smallest absolute Gasteiger partial charge is 0.320 e. The molecular formula is C6H11NO4. The second kappa shape index (κ2) is 3.17. The van der Waals surface area contributed by atoms with Crippen molar-refractivity contribution in [2.75, 3.05) is 6.61 Å². The molecule has 0 aromatic rings. The number of aliphatic hydroxyl groups excluding tert-OH is 2. The van der Waals surface area contributed by atoms with Gasteiger partial charge in [0.15, 0.2) is 0 Å². The molecule has 0 amide bonds. The molecule has 0 aromatic heterocycles. The van der Waals surface area contributed by atoms with Crippen LogP contribution in [0.5, 0.6) is 0 Å². The quantitative estimate of drug-likeness (QED) is 0.382. The molecule has 0 aromatic carbocycles. The number of rotatable bonds is 2. The number of carbonyl (C=O) groups is 1. The van der Waals surface area contributed by atoms with Crippen molar-refractivity contribution in [3.63, 3.8) is 0 Å². The van der Waals surface area contributed by atoms with Gasteiger partial charge in [-0.05, 0) is 0 Å². The van der Waals surface area contributed by atoms with Gasteiger partial charge in [0, 0.05) is 6.42 Å². The molecule has 64 valence electrons. The summed E-state index contributed by atoms with van der Waals surface area (Å²) >= 11 is 0. The normalized spacial score (nSPS) is 37.5. The molecule has 1 aliphatic rings. The third-order valence-corrected chi connectivity index (χ3v) is 1.85. The van der Waals surface area contributed by atoms with Crippen molar-refractivity contribution in [2.45, 2.75) is 24.6 Å². The molecule has 0 radical (unpaired) electrons. The average Bonchev–Trinajstić information content (AvgIpc) is 2.31. The first-order chi connectivity index (χ1) is 5.15. The first-order valence-electron chi connectivity index (χ1n) is 3.43. The van der Waals surface area contributed by atoms with E-state index in [1.54, 1.807) is 0 Å². The van der Waals surface area contributed by atoms with Gasteiger partial charge in [-0.25, -0.2) is 0 Å². The van der Waals surface area contributed by atoms with E-state index in [4.69, 9.17) is 15.3 Å². The summed E-state index contributed by atoms with van der Waals surface area (Å²) in [6.45, 7) is -0.231. The highest BCUT2D eigenvalue weighted by molar-refractivity contribution is 5.74. The molecule has 11 heavy (non-hydrogen) atoms. The van der Waals surface area contributed by atoms with Crippen LogP contribution in [0.25, 0.3) is 0 Å². The standard InChI is InChI=1S/C6H11NO4/c8-2-4-5(9)1-3(7-4)6(10)11/h3-5,7-9H,1-2H2,(H,10,11)/t3-,4+,5-/m0/s1. The fourth-order valence-corrected chi connectivity index (χ4v) is 1.19. The van der Waals surface area contributed by atoms with E-state index in [2.05, 4.69) is 5.32 Å². The zero-order valence-corrected chi connectivity index (χ0v) is 5.90. The van der Waals surface area contributed by atoms with E-state index in [1.807, 2.05) is 0 Å². The van der Waals surface area contributed by atoms with Crippen molar-refractivity contribution in [1.82, 2.24) is 5.32 Å². The molecule has 5 nitrogen and oxygen atoms in total. The van der Waals surface area contributed by atoms with Crippen molar-refractivity contribution in [2.24, 2.45) is 0 Å². The summed E-state index contributed by atoms with van der Waals surface area (Å²) in [6.07, 6.45) is -0.582. The van der Waals surface area contributed by atoms with Gasteiger partial charge in [0.05, 0.1) is 18.8 Å². The Morgan fingerprint density at radius 1 is 1.64 bits per heavy atom.